The Morgan fingerprint density at radius 2 is 1.95 bits per heavy atom. The predicted molar refractivity (Wildman–Crippen MR) is 77.5 cm³/mol. The fourth-order valence-corrected chi connectivity index (χ4v) is 2.34. The third kappa shape index (κ3) is 2.13. The van der Waals surface area contributed by atoms with E-state index in [0.29, 0.717) is 10.7 Å². The summed E-state index contributed by atoms with van der Waals surface area (Å²) in [6.45, 7) is 1.99. The number of H-pyrrole nitrogens is 1. The van der Waals surface area contributed by atoms with Crippen molar-refractivity contribution in [3.63, 3.8) is 0 Å². The van der Waals surface area contributed by atoms with E-state index in [-0.39, 0.29) is 5.69 Å². The molecule has 0 aliphatic heterocycles. The van der Waals surface area contributed by atoms with Gasteiger partial charge in [-0.2, -0.15) is 4.98 Å². The zero-order valence-electron chi connectivity index (χ0n) is 10.3. The summed E-state index contributed by atoms with van der Waals surface area (Å²) in [6, 6.07) is 13.2. The van der Waals surface area contributed by atoms with Crippen LogP contribution in [0.25, 0.3) is 22.2 Å². The number of hydrogen-bond donors (Lipinski definition) is 1. The Morgan fingerprint density at radius 3 is 2.74 bits per heavy atom. The molecule has 1 N–H and O–H groups in total. The molecule has 1 heterocycles. The summed E-state index contributed by atoms with van der Waals surface area (Å²) < 4.78 is 0. The van der Waals surface area contributed by atoms with E-state index in [1.165, 1.54) is 0 Å². The quantitative estimate of drug-likeness (QED) is 0.735. The molecule has 0 atom stereocenters. The maximum Gasteiger partial charge on any atom is 0.345 e. The molecule has 0 spiro atoms. The molecular formula is C15H11ClN2O. The molecule has 3 aromatic rings. The molecule has 0 amide bonds. The van der Waals surface area contributed by atoms with Crippen LogP contribution in [0.1, 0.15) is 5.56 Å². The van der Waals surface area contributed by atoms with Crippen molar-refractivity contribution in [1.82, 2.24) is 9.97 Å². The van der Waals surface area contributed by atoms with Gasteiger partial charge in [-0.1, -0.05) is 35.9 Å². The number of nitrogens with one attached hydrogen (secondary N) is 1. The van der Waals surface area contributed by atoms with Gasteiger partial charge in [0, 0.05) is 16.0 Å². The number of hydrogen-bond acceptors (Lipinski definition) is 2. The maximum absolute atomic E-state index is 11.7. The van der Waals surface area contributed by atoms with Crippen LogP contribution >= 0.6 is 11.6 Å². The lowest BCUT2D eigenvalue weighted by atomic mass is 10.0. The van der Waals surface area contributed by atoms with Crippen LogP contribution in [0.3, 0.4) is 0 Å². The number of rotatable bonds is 1. The van der Waals surface area contributed by atoms with Gasteiger partial charge in [-0.15, -0.1) is 0 Å². The molecule has 2 aromatic carbocycles. The third-order valence-corrected chi connectivity index (χ3v) is 3.33. The second-order valence-electron chi connectivity index (χ2n) is 4.40. The second-order valence-corrected chi connectivity index (χ2v) is 4.83. The molecule has 0 saturated carbocycles. The molecule has 0 radical (unpaired) electrons. The van der Waals surface area contributed by atoms with Gasteiger partial charge in [-0.3, -0.25) is 0 Å². The highest BCUT2D eigenvalue weighted by Crippen LogP contribution is 2.28. The van der Waals surface area contributed by atoms with Crippen molar-refractivity contribution in [2.45, 2.75) is 6.92 Å². The van der Waals surface area contributed by atoms with Gasteiger partial charge in [0.2, 0.25) is 0 Å². The highest BCUT2D eigenvalue weighted by Gasteiger charge is 2.10. The van der Waals surface area contributed by atoms with Crippen LogP contribution in [0.5, 0.6) is 0 Å². The Balaban J connectivity index is 2.43. The smallest absolute Gasteiger partial charge is 0.305 e. The zero-order valence-corrected chi connectivity index (χ0v) is 11.0. The first kappa shape index (κ1) is 11.9. The number of aromatic amines is 1. The van der Waals surface area contributed by atoms with Crippen LogP contribution in [0.2, 0.25) is 5.02 Å². The Kier molecular flexibility index (Phi) is 2.84. The molecule has 1 aromatic heterocycles. The maximum atomic E-state index is 11.7. The molecule has 0 fully saturated rings. The third-order valence-electron chi connectivity index (χ3n) is 3.09. The Bertz CT molecular complexity index is 824. The van der Waals surface area contributed by atoms with Crippen molar-refractivity contribution in [2.75, 3.05) is 0 Å². The molecule has 0 unspecified atom stereocenters. The average Bonchev–Trinajstić information content (AvgIpc) is 2.39. The largest absolute Gasteiger partial charge is 0.345 e. The van der Waals surface area contributed by atoms with Crippen molar-refractivity contribution in [3.05, 3.63) is 63.5 Å². The van der Waals surface area contributed by atoms with E-state index in [2.05, 4.69) is 9.97 Å². The van der Waals surface area contributed by atoms with E-state index in [4.69, 9.17) is 11.6 Å². The van der Waals surface area contributed by atoms with E-state index < -0.39 is 0 Å². The van der Waals surface area contributed by atoms with Crippen LogP contribution in [0.15, 0.2) is 47.3 Å². The van der Waals surface area contributed by atoms with Gasteiger partial charge >= 0.3 is 5.69 Å². The minimum absolute atomic E-state index is 0.354. The van der Waals surface area contributed by atoms with Crippen LogP contribution in [-0.4, -0.2) is 9.97 Å². The van der Waals surface area contributed by atoms with Gasteiger partial charge in [-0.25, -0.2) is 4.79 Å². The lowest BCUT2D eigenvalue weighted by molar-refractivity contribution is 1.12. The standard InChI is InChI=1S/C15H11ClN2O/c1-9-4-2-3-5-11(9)14-12-8-10(16)6-7-13(12)17-15(19)18-14/h2-8H,1H3,(H,17,18,19). The van der Waals surface area contributed by atoms with Crippen molar-refractivity contribution in [3.8, 4) is 11.3 Å². The first-order chi connectivity index (χ1) is 9.15. The van der Waals surface area contributed by atoms with Gasteiger partial charge < -0.3 is 4.98 Å². The molecule has 0 bridgehead atoms. The fourth-order valence-electron chi connectivity index (χ4n) is 2.17. The van der Waals surface area contributed by atoms with E-state index >= 15 is 0 Å². The van der Waals surface area contributed by atoms with Crippen molar-refractivity contribution in [1.29, 1.82) is 0 Å². The molecule has 19 heavy (non-hydrogen) atoms. The summed E-state index contributed by atoms with van der Waals surface area (Å²) in [5, 5.41) is 1.47. The van der Waals surface area contributed by atoms with Crippen LogP contribution in [0, 0.1) is 6.92 Å². The summed E-state index contributed by atoms with van der Waals surface area (Å²) >= 11 is 6.04. The molecule has 0 aliphatic rings. The topological polar surface area (TPSA) is 45.8 Å². The van der Waals surface area contributed by atoms with Gasteiger partial charge in [0.25, 0.3) is 0 Å². The van der Waals surface area contributed by atoms with Crippen LogP contribution < -0.4 is 5.69 Å². The summed E-state index contributed by atoms with van der Waals surface area (Å²) in [5.74, 6) is 0. The van der Waals surface area contributed by atoms with Gasteiger partial charge in [0.15, 0.2) is 0 Å². The van der Waals surface area contributed by atoms with E-state index in [9.17, 15) is 4.79 Å². The zero-order chi connectivity index (χ0) is 13.4. The number of aryl methyl sites for hydroxylation is 1. The minimum Gasteiger partial charge on any atom is -0.305 e. The second kappa shape index (κ2) is 4.52. The molecule has 94 valence electrons. The number of fused-ring (bicyclic) bond motifs is 1. The van der Waals surface area contributed by atoms with E-state index in [1.54, 1.807) is 12.1 Å². The Morgan fingerprint density at radius 1 is 1.16 bits per heavy atom. The normalized spacial score (nSPS) is 10.8. The minimum atomic E-state index is -0.354. The summed E-state index contributed by atoms with van der Waals surface area (Å²) in [7, 11) is 0. The molecular weight excluding hydrogens is 260 g/mol. The predicted octanol–water partition coefficient (Wildman–Crippen LogP) is 3.55. The molecule has 3 rings (SSSR count). The monoisotopic (exact) mass is 270 g/mol. The number of halogens is 1. The van der Waals surface area contributed by atoms with Gasteiger partial charge in [0.1, 0.15) is 0 Å². The lowest BCUT2D eigenvalue weighted by Gasteiger charge is -2.08. The lowest BCUT2D eigenvalue weighted by Crippen LogP contribution is -2.11. The molecule has 0 aliphatic carbocycles. The summed E-state index contributed by atoms with van der Waals surface area (Å²) in [5.41, 5.74) is 3.07. The van der Waals surface area contributed by atoms with Crippen LogP contribution in [0.4, 0.5) is 0 Å². The first-order valence-electron chi connectivity index (χ1n) is 5.91. The summed E-state index contributed by atoms with van der Waals surface area (Å²) in [4.78, 5) is 18.5. The Hall–Kier alpha value is -2.13. The van der Waals surface area contributed by atoms with Crippen molar-refractivity contribution in [2.24, 2.45) is 0 Å². The fraction of sp³-hybridized carbons (Fsp3) is 0.0667. The highest BCUT2D eigenvalue weighted by molar-refractivity contribution is 6.31. The number of aromatic nitrogens is 2. The summed E-state index contributed by atoms with van der Waals surface area (Å²) in [6.07, 6.45) is 0. The van der Waals surface area contributed by atoms with Crippen molar-refractivity contribution < 1.29 is 0 Å². The molecule has 4 heteroatoms. The Labute approximate surface area is 114 Å². The number of nitrogens with zero attached hydrogens (tertiary/aromatic N) is 1. The van der Waals surface area contributed by atoms with Gasteiger partial charge in [-0.05, 0) is 30.7 Å². The van der Waals surface area contributed by atoms with E-state index in [0.717, 1.165) is 22.0 Å². The molecule has 3 nitrogen and oxygen atoms in total. The molecule has 0 saturated heterocycles. The van der Waals surface area contributed by atoms with E-state index in [1.807, 2.05) is 37.3 Å². The average molecular weight is 271 g/mol. The highest BCUT2D eigenvalue weighted by atomic mass is 35.5. The van der Waals surface area contributed by atoms with Crippen molar-refractivity contribution >= 4 is 22.5 Å². The first-order valence-corrected chi connectivity index (χ1v) is 6.28. The SMILES string of the molecule is Cc1ccccc1-c1nc(=O)[nH]c2ccc(Cl)cc12. The van der Waals surface area contributed by atoms with Gasteiger partial charge in [0.05, 0.1) is 11.2 Å². The number of benzene rings is 2. The van der Waals surface area contributed by atoms with Crippen LogP contribution in [-0.2, 0) is 0 Å².